The molecule has 0 saturated carbocycles. The van der Waals surface area contributed by atoms with E-state index in [-0.39, 0.29) is 11.9 Å². The van der Waals surface area contributed by atoms with E-state index in [0.717, 1.165) is 23.5 Å². The van der Waals surface area contributed by atoms with Gasteiger partial charge in [0, 0.05) is 11.6 Å². The molecule has 2 aromatic rings. The maximum Gasteiger partial charge on any atom is 0.123 e. The van der Waals surface area contributed by atoms with Crippen LogP contribution in [0, 0.1) is 12.7 Å². The molecule has 0 amide bonds. The summed E-state index contributed by atoms with van der Waals surface area (Å²) in [4.78, 5) is 0. The molecule has 102 valence electrons. The predicted molar refractivity (Wildman–Crippen MR) is 74.7 cm³/mol. The van der Waals surface area contributed by atoms with Crippen molar-refractivity contribution in [2.24, 2.45) is 5.73 Å². The van der Waals surface area contributed by atoms with E-state index in [1.54, 1.807) is 6.07 Å². The Morgan fingerprint density at radius 2 is 2.16 bits per heavy atom. The summed E-state index contributed by atoms with van der Waals surface area (Å²) in [6, 6.07) is 6.04. The normalized spacial score (nSPS) is 12.7. The summed E-state index contributed by atoms with van der Waals surface area (Å²) < 4.78 is 15.1. The van der Waals surface area contributed by atoms with Crippen LogP contribution in [0.2, 0.25) is 5.02 Å². The molecule has 5 heteroatoms. The summed E-state index contributed by atoms with van der Waals surface area (Å²) in [7, 11) is 0. The number of aromatic nitrogens is 2. The molecule has 1 unspecified atom stereocenters. The lowest BCUT2D eigenvalue weighted by Crippen LogP contribution is -2.18. The fraction of sp³-hybridized carbons (Fsp3) is 0.357. The third kappa shape index (κ3) is 3.14. The van der Waals surface area contributed by atoms with Gasteiger partial charge >= 0.3 is 0 Å². The molecule has 3 nitrogen and oxygen atoms in total. The highest BCUT2D eigenvalue weighted by atomic mass is 35.5. The fourth-order valence-electron chi connectivity index (χ4n) is 2.16. The molecule has 2 rings (SSSR count). The number of hydrogen-bond donors (Lipinski definition) is 1. The zero-order valence-corrected chi connectivity index (χ0v) is 11.8. The molecule has 0 saturated heterocycles. The minimum absolute atomic E-state index is 0.250. The molecule has 19 heavy (non-hydrogen) atoms. The Morgan fingerprint density at radius 1 is 1.42 bits per heavy atom. The second-order valence-corrected chi connectivity index (χ2v) is 4.98. The first-order chi connectivity index (χ1) is 9.01. The Labute approximate surface area is 117 Å². The highest BCUT2D eigenvalue weighted by Crippen LogP contribution is 2.23. The Balaban J connectivity index is 2.25. The van der Waals surface area contributed by atoms with Crippen molar-refractivity contribution in [3.05, 3.63) is 52.1 Å². The number of aryl methyl sites for hydroxylation is 2. The van der Waals surface area contributed by atoms with Gasteiger partial charge in [-0.3, -0.25) is 4.68 Å². The van der Waals surface area contributed by atoms with E-state index in [0.29, 0.717) is 11.4 Å². The minimum Gasteiger partial charge on any atom is -0.322 e. The Hall–Kier alpha value is -1.39. The van der Waals surface area contributed by atoms with Gasteiger partial charge in [0.2, 0.25) is 0 Å². The van der Waals surface area contributed by atoms with Crippen molar-refractivity contribution >= 4 is 11.6 Å². The van der Waals surface area contributed by atoms with Crippen LogP contribution in [0.4, 0.5) is 4.39 Å². The summed E-state index contributed by atoms with van der Waals surface area (Å²) >= 11 is 6.06. The number of rotatable bonds is 4. The van der Waals surface area contributed by atoms with Gasteiger partial charge in [0.25, 0.3) is 0 Å². The van der Waals surface area contributed by atoms with Crippen molar-refractivity contribution in [2.75, 3.05) is 0 Å². The van der Waals surface area contributed by atoms with Crippen molar-refractivity contribution in [3.8, 4) is 0 Å². The molecule has 0 aliphatic rings. The first-order valence-electron chi connectivity index (χ1n) is 6.25. The monoisotopic (exact) mass is 281 g/mol. The number of nitrogens with two attached hydrogens (primary N) is 1. The van der Waals surface area contributed by atoms with E-state index in [4.69, 9.17) is 17.3 Å². The highest BCUT2D eigenvalue weighted by Gasteiger charge is 2.15. The van der Waals surface area contributed by atoms with Gasteiger partial charge in [0.15, 0.2) is 0 Å². The average molecular weight is 282 g/mol. The molecule has 0 spiro atoms. The zero-order valence-electron chi connectivity index (χ0n) is 11.0. The van der Waals surface area contributed by atoms with E-state index >= 15 is 0 Å². The molecule has 0 bridgehead atoms. The lowest BCUT2D eigenvalue weighted by atomic mass is 10.0. The van der Waals surface area contributed by atoms with E-state index in [9.17, 15) is 4.39 Å². The third-order valence-electron chi connectivity index (χ3n) is 3.06. The summed E-state index contributed by atoms with van der Waals surface area (Å²) in [5, 5.41) is 4.90. The minimum atomic E-state index is -0.299. The van der Waals surface area contributed by atoms with Gasteiger partial charge in [-0.05, 0) is 50.1 Å². The van der Waals surface area contributed by atoms with Crippen LogP contribution in [0.1, 0.15) is 29.9 Å². The summed E-state index contributed by atoms with van der Waals surface area (Å²) in [6.45, 7) is 4.70. The quantitative estimate of drug-likeness (QED) is 0.935. The van der Waals surface area contributed by atoms with Crippen LogP contribution < -0.4 is 5.73 Å². The number of benzene rings is 1. The first kappa shape index (κ1) is 14.0. The molecular formula is C14H17ClFN3. The Bertz CT molecular complexity index is 580. The molecule has 0 fully saturated rings. The average Bonchev–Trinajstić information content (AvgIpc) is 2.75. The van der Waals surface area contributed by atoms with Gasteiger partial charge in [-0.1, -0.05) is 11.6 Å². The molecule has 1 aromatic heterocycles. The van der Waals surface area contributed by atoms with E-state index < -0.39 is 0 Å². The van der Waals surface area contributed by atoms with Gasteiger partial charge in [-0.25, -0.2) is 4.39 Å². The second-order valence-electron chi connectivity index (χ2n) is 4.57. The fourth-order valence-corrected chi connectivity index (χ4v) is 2.35. The largest absolute Gasteiger partial charge is 0.322 e. The lowest BCUT2D eigenvalue weighted by Gasteiger charge is -2.14. The van der Waals surface area contributed by atoms with Crippen molar-refractivity contribution in [3.63, 3.8) is 0 Å². The maximum atomic E-state index is 13.2. The van der Waals surface area contributed by atoms with Crippen molar-refractivity contribution in [1.29, 1.82) is 0 Å². The first-order valence-corrected chi connectivity index (χ1v) is 6.63. The SMILES string of the molecule is CCn1nc(C)cc1C(N)Cc1cc(F)ccc1Cl. The molecule has 0 radical (unpaired) electrons. The zero-order chi connectivity index (χ0) is 14.0. The van der Waals surface area contributed by atoms with E-state index in [1.165, 1.54) is 12.1 Å². The Morgan fingerprint density at radius 3 is 2.84 bits per heavy atom. The smallest absolute Gasteiger partial charge is 0.123 e. The van der Waals surface area contributed by atoms with E-state index in [1.807, 2.05) is 24.6 Å². The second kappa shape index (κ2) is 5.72. The van der Waals surface area contributed by atoms with Gasteiger partial charge in [-0.2, -0.15) is 5.10 Å². The van der Waals surface area contributed by atoms with Gasteiger partial charge in [0.1, 0.15) is 5.82 Å². The molecule has 1 heterocycles. The summed E-state index contributed by atoms with van der Waals surface area (Å²) in [5.41, 5.74) is 8.79. The summed E-state index contributed by atoms with van der Waals surface area (Å²) in [5.74, 6) is -0.299. The molecule has 1 atom stereocenters. The molecule has 2 N–H and O–H groups in total. The van der Waals surface area contributed by atoms with Gasteiger partial charge in [0.05, 0.1) is 17.4 Å². The van der Waals surface area contributed by atoms with Crippen molar-refractivity contribution in [2.45, 2.75) is 32.9 Å². The van der Waals surface area contributed by atoms with Crippen LogP contribution in [0.25, 0.3) is 0 Å². The van der Waals surface area contributed by atoms with Crippen LogP contribution in [-0.2, 0) is 13.0 Å². The molecule has 0 aliphatic heterocycles. The number of hydrogen-bond acceptors (Lipinski definition) is 2. The van der Waals surface area contributed by atoms with E-state index in [2.05, 4.69) is 5.10 Å². The van der Waals surface area contributed by atoms with Gasteiger partial charge < -0.3 is 5.73 Å². The third-order valence-corrected chi connectivity index (χ3v) is 3.43. The van der Waals surface area contributed by atoms with Crippen LogP contribution >= 0.6 is 11.6 Å². The maximum absolute atomic E-state index is 13.2. The van der Waals surface area contributed by atoms with Crippen LogP contribution in [0.3, 0.4) is 0 Å². The molecular weight excluding hydrogens is 265 g/mol. The molecule has 1 aromatic carbocycles. The van der Waals surface area contributed by atoms with Crippen LogP contribution in [0.5, 0.6) is 0 Å². The Kier molecular flexibility index (Phi) is 4.22. The number of halogens is 2. The topological polar surface area (TPSA) is 43.8 Å². The number of nitrogens with zero attached hydrogens (tertiary/aromatic N) is 2. The van der Waals surface area contributed by atoms with Crippen LogP contribution in [-0.4, -0.2) is 9.78 Å². The standard InChI is InChI=1S/C14H17ClFN3/c1-3-19-14(6-9(2)18-19)13(17)8-10-7-11(16)4-5-12(10)15/h4-7,13H,3,8,17H2,1-2H3. The lowest BCUT2D eigenvalue weighted by molar-refractivity contribution is 0.564. The highest BCUT2D eigenvalue weighted by molar-refractivity contribution is 6.31. The molecule has 0 aliphatic carbocycles. The van der Waals surface area contributed by atoms with Crippen LogP contribution in [0.15, 0.2) is 24.3 Å². The predicted octanol–water partition coefficient (Wildman–Crippen LogP) is 3.25. The van der Waals surface area contributed by atoms with Crippen molar-refractivity contribution in [1.82, 2.24) is 9.78 Å². The summed E-state index contributed by atoms with van der Waals surface area (Å²) in [6.07, 6.45) is 0.488. The van der Waals surface area contributed by atoms with Crippen molar-refractivity contribution < 1.29 is 4.39 Å². The van der Waals surface area contributed by atoms with Gasteiger partial charge in [-0.15, -0.1) is 0 Å².